The number of benzene rings is 1. The normalized spacial score (nSPS) is 11.4. The number of nitrogens with one attached hydrogen (secondary N) is 1. The fourth-order valence-corrected chi connectivity index (χ4v) is 2.61. The van der Waals surface area contributed by atoms with E-state index in [1.807, 2.05) is 20.0 Å². The standard InChI is InChI=1S/C14H17N3O3S/c1-10-3-8-13(17(10)2)14(18)16-12-6-4-11(5-7-12)9-21(15,19)20/h3-8H,9H2,1-2H3,(H,16,18)(H2,15,19,20). The molecule has 1 heterocycles. The first-order valence-electron chi connectivity index (χ1n) is 6.29. The van der Waals surface area contributed by atoms with Crippen LogP contribution >= 0.6 is 0 Å². The van der Waals surface area contributed by atoms with E-state index in [1.54, 1.807) is 34.9 Å². The molecule has 0 unspecified atom stereocenters. The molecule has 0 fully saturated rings. The predicted octanol–water partition coefficient (Wildman–Crippen LogP) is 1.37. The lowest BCUT2D eigenvalue weighted by atomic mass is 10.2. The van der Waals surface area contributed by atoms with Gasteiger partial charge < -0.3 is 9.88 Å². The molecule has 1 amide bonds. The molecule has 0 saturated heterocycles. The number of nitrogens with zero attached hydrogens (tertiary/aromatic N) is 1. The maximum atomic E-state index is 12.1. The number of primary sulfonamides is 1. The molecule has 7 heteroatoms. The molecule has 0 aliphatic heterocycles. The summed E-state index contributed by atoms with van der Waals surface area (Å²) in [5.74, 6) is -0.442. The van der Waals surface area contributed by atoms with E-state index in [2.05, 4.69) is 5.32 Å². The van der Waals surface area contributed by atoms with Crippen molar-refractivity contribution in [1.29, 1.82) is 0 Å². The first-order valence-corrected chi connectivity index (χ1v) is 8.01. The van der Waals surface area contributed by atoms with Crippen LogP contribution in [0, 0.1) is 6.92 Å². The minimum atomic E-state index is -3.55. The molecular weight excluding hydrogens is 290 g/mol. The second-order valence-electron chi connectivity index (χ2n) is 4.88. The zero-order chi connectivity index (χ0) is 15.6. The number of carbonyl (C=O) groups is 1. The molecule has 112 valence electrons. The van der Waals surface area contributed by atoms with Gasteiger partial charge in [0.05, 0.1) is 5.75 Å². The van der Waals surface area contributed by atoms with Gasteiger partial charge in [-0.25, -0.2) is 13.6 Å². The average Bonchev–Trinajstić information content (AvgIpc) is 2.71. The Morgan fingerprint density at radius 2 is 1.81 bits per heavy atom. The Balaban J connectivity index is 2.10. The molecular formula is C14H17N3O3S. The van der Waals surface area contributed by atoms with E-state index in [9.17, 15) is 13.2 Å². The van der Waals surface area contributed by atoms with Gasteiger partial charge in [-0.2, -0.15) is 0 Å². The van der Waals surface area contributed by atoms with Crippen molar-refractivity contribution in [2.24, 2.45) is 12.2 Å². The van der Waals surface area contributed by atoms with Crippen LogP contribution in [-0.4, -0.2) is 18.9 Å². The molecule has 2 aromatic rings. The molecule has 0 radical (unpaired) electrons. The molecule has 3 N–H and O–H groups in total. The van der Waals surface area contributed by atoms with E-state index in [0.717, 1.165) is 5.69 Å². The summed E-state index contributed by atoms with van der Waals surface area (Å²) < 4.78 is 23.8. The quantitative estimate of drug-likeness (QED) is 0.893. The zero-order valence-electron chi connectivity index (χ0n) is 11.8. The molecule has 6 nitrogen and oxygen atoms in total. The highest BCUT2D eigenvalue weighted by atomic mass is 32.2. The lowest BCUT2D eigenvalue weighted by Gasteiger charge is -2.08. The third-order valence-corrected chi connectivity index (χ3v) is 3.92. The van der Waals surface area contributed by atoms with Crippen molar-refractivity contribution in [3.8, 4) is 0 Å². The fourth-order valence-electron chi connectivity index (χ4n) is 1.95. The van der Waals surface area contributed by atoms with E-state index in [4.69, 9.17) is 5.14 Å². The van der Waals surface area contributed by atoms with Crippen molar-refractivity contribution in [2.75, 3.05) is 5.32 Å². The molecule has 21 heavy (non-hydrogen) atoms. The Morgan fingerprint density at radius 3 is 2.29 bits per heavy atom. The van der Waals surface area contributed by atoms with Gasteiger partial charge in [0.2, 0.25) is 10.0 Å². The van der Waals surface area contributed by atoms with E-state index in [1.165, 1.54) is 0 Å². The Bertz CT molecular complexity index is 761. The summed E-state index contributed by atoms with van der Waals surface area (Å²) in [7, 11) is -1.73. The van der Waals surface area contributed by atoms with Crippen LogP contribution in [0.1, 0.15) is 21.7 Å². The topological polar surface area (TPSA) is 94.2 Å². The molecule has 0 aliphatic carbocycles. The number of aromatic nitrogens is 1. The lowest BCUT2D eigenvalue weighted by Crippen LogP contribution is -2.16. The van der Waals surface area contributed by atoms with Crippen molar-refractivity contribution < 1.29 is 13.2 Å². The maximum Gasteiger partial charge on any atom is 0.272 e. The van der Waals surface area contributed by atoms with Crippen molar-refractivity contribution in [3.63, 3.8) is 0 Å². The number of carbonyl (C=O) groups excluding carboxylic acids is 1. The van der Waals surface area contributed by atoms with Gasteiger partial charge in [0, 0.05) is 18.4 Å². The van der Waals surface area contributed by atoms with Crippen molar-refractivity contribution in [2.45, 2.75) is 12.7 Å². The SMILES string of the molecule is Cc1ccc(C(=O)Nc2ccc(CS(N)(=O)=O)cc2)n1C. The highest BCUT2D eigenvalue weighted by Gasteiger charge is 2.11. The number of rotatable bonds is 4. The van der Waals surface area contributed by atoms with Crippen LogP contribution in [0.3, 0.4) is 0 Å². The van der Waals surface area contributed by atoms with Crippen molar-refractivity contribution in [3.05, 3.63) is 53.3 Å². The van der Waals surface area contributed by atoms with Crippen LogP contribution in [0.2, 0.25) is 0 Å². The first-order chi connectivity index (χ1) is 9.76. The van der Waals surface area contributed by atoms with Crippen LogP contribution in [-0.2, 0) is 22.8 Å². The zero-order valence-corrected chi connectivity index (χ0v) is 12.6. The van der Waals surface area contributed by atoms with Gasteiger partial charge in [0.1, 0.15) is 5.69 Å². The summed E-state index contributed by atoms with van der Waals surface area (Å²) in [6, 6.07) is 10.2. The van der Waals surface area contributed by atoms with Crippen LogP contribution in [0.25, 0.3) is 0 Å². The number of aryl methyl sites for hydroxylation is 1. The fraction of sp³-hybridized carbons (Fsp3) is 0.214. The summed E-state index contributed by atoms with van der Waals surface area (Å²) in [6.45, 7) is 1.92. The summed E-state index contributed by atoms with van der Waals surface area (Å²) >= 11 is 0. The van der Waals surface area contributed by atoms with Gasteiger partial charge in [-0.3, -0.25) is 4.79 Å². The van der Waals surface area contributed by atoms with Gasteiger partial charge >= 0.3 is 0 Å². The van der Waals surface area contributed by atoms with Gasteiger partial charge in [-0.05, 0) is 36.8 Å². The van der Waals surface area contributed by atoms with Crippen LogP contribution in [0.5, 0.6) is 0 Å². The summed E-state index contributed by atoms with van der Waals surface area (Å²) in [4.78, 5) is 12.1. The average molecular weight is 307 g/mol. The van der Waals surface area contributed by atoms with Gasteiger partial charge in [-0.1, -0.05) is 12.1 Å². The summed E-state index contributed by atoms with van der Waals surface area (Å²) in [6.07, 6.45) is 0. The second-order valence-corrected chi connectivity index (χ2v) is 6.49. The second kappa shape index (κ2) is 5.71. The molecule has 1 aromatic carbocycles. The molecule has 0 bridgehead atoms. The minimum absolute atomic E-state index is 0.218. The van der Waals surface area contributed by atoms with Gasteiger partial charge in [-0.15, -0.1) is 0 Å². The number of hydrogen-bond acceptors (Lipinski definition) is 3. The lowest BCUT2D eigenvalue weighted by molar-refractivity contribution is 0.101. The monoisotopic (exact) mass is 307 g/mol. The predicted molar refractivity (Wildman–Crippen MR) is 81.4 cm³/mol. The smallest absolute Gasteiger partial charge is 0.272 e. The van der Waals surface area contributed by atoms with E-state index >= 15 is 0 Å². The molecule has 0 saturated carbocycles. The van der Waals surface area contributed by atoms with Gasteiger partial charge in [0.15, 0.2) is 0 Å². The summed E-state index contributed by atoms with van der Waals surface area (Å²) in [5, 5.41) is 7.74. The van der Waals surface area contributed by atoms with Crippen LogP contribution in [0.15, 0.2) is 36.4 Å². The van der Waals surface area contributed by atoms with Crippen molar-refractivity contribution in [1.82, 2.24) is 4.57 Å². The third kappa shape index (κ3) is 3.93. The number of hydrogen-bond donors (Lipinski definition) is 2. The molecule has 0 spiro atoms. The van der Waals surface area contributed by atoms with Gasteiger partial charge in [0.25, 0.3) is 5.91 Å². The first kappa shape index (κ1) is 15.3. The summed E-state index contributed by atoms with van der Waals surface area (Å²) in [5.41, 5.74) is 2.71. The van der Waals surface area contributed by atoms with E-state index in [0.29, 0.717) is 16.9 Å². The molecule has 1 aromatic heterocycles. The van der Waals surface area contributed by atoms with E-state index < -0.39 is 10.0 Å². The molecule has 0 atom stereocenters. The highest BCUT2D eigenvalue weighted by molar-refractivity contribution is 7.88. The number of anilines is 1. The Hall–Kier alpha value is -2.12. The molecule has 2 rings (SSSR count). The van der Waals surface area contributed by atoms with Crippen LogP contribution in [0.4, 0.5) is 5.69 Å². The van der Waals surface area contributed by atoms with E-state index in [-0.39, 0.29) is 11.7 Å². The largest absolute Gasteiger partial charge is 0.344 e. The maximum absolute atomic E-state index is 12.1. The number of nitrogens with two attached hydrogens (primary N) is 1. The molecule has 0 aliphatic rings. The number of amides is 1. The number of sulfonamides is 1. The van der Waals surface area contributed by atoms with Crippen molar-refractivity contribution >= 4 is 21.6 Å². The third-order valence-electron chi connectivity index (χ3n) is 3.19. The minimum Gasteiger partial charge on any atom is -0.344 e. The Labute approximate surface area is 123 Å². The highest BCUT2D eigenvalue weighted by Crippen LogP contribution is 2.13. The Morgan fingerprint density at radius 1 is 1.19 bits per heavy atom. The van der Waals surface area contributed by atoms with Crippen LogP contribution < -0.4 is 10.5 Å². The Kier molecular flexibility index (Phi) is 4.15.